The summed E-state index contributed by atoms with van der Waals surface area (Å²) in [6.45, 7) is 1.64. The van der Waals surface area contributed by atoms with Gasteiger partial charge in [-0.3, -0.25) is 4.79 Å². The molecule has 28 heavy (non-hydrogen) atoms. The minimum atomic E-state index is -1.53. The smallest absolute Gasteiger partial charge is 0.342 e. The van der Waals surface area contributed by atoms with Gasteiger partial charge < -0.3 is 19.7 Å². The number of cyclic esters (lactones) is 1. The number of esters is 1. The van der Waals surface area contributed by atoms with Crippen LogP contribution in [0.25, 0.3) is 0 Å². The van der Waals surface area contributed by atoms with Crippen molar-refractivity contribution in [1.29, 1.82) is 0 Å². The summed E-state index contributed by atoms with van der Waals surface area (Å²) in [7, 11) is 1.43. The van der Waals surface area contributed by atoms with Crippen LogP contribution in [0.5, 0.6) is 11.5 Å². The molecule has 152 valence electrons. The molecule has 1 aliphatic rings. The van der Waals surface area contributed by atoms with Crippen molar-refractivity contribution in [3.05, 3.63) is 38.7 Å². The van der Waals surface area contributed by atoms with Gasteiger partial charge in [0, 0.05) is 12.5 Å². The van der Waals surface area contributed by atoms with Gasteiger partial charge in [-0.15, -0.1) is 0 Å². The van der Waals surface area contributed by atoms with Crippen LogP contribution in [0.2, 0.25) is 0 Å². The number of methoxy groups -OCH3 is 1. The number of benzene rings is 1. The average molecular weight is 456 g/mol. The van der Waals surface area contributed by atoms with E-state index in [1.807, 2.05) is 0 Å². The van der Waals surface area contributed by atoms with E-state index in [4.69, 9.17) is 9.47 Å². The first-order valence-electron chi connectivity index (χ1n) is 8.80. The molecule has 0 radical (unpaired) electrons. The van der Waals surface area contributed by atoms with Gasteiger partial charge in [0.2, 0.25) is 0 Å². The van der Waals surface area contributed by atoms with Crippen LogP contribution in [0.1, 0.15) is 42.1 Å². The quantitative estimate of drug-likeness (QED) is 0.518. The van der Waals surface area contributed by atoms with Crippen LogP contribution in [0.15, 0.2) is 27.9 Å². The zero-order valence-corrected chi connectivity index (χ0v) is 17.1. The van der Waals surface area contributed by atoms with E-state index < -0.39 is 30.0 Å². The second-order valence-electron chi connectivity index (χ2n) is 6.53. The summed E-state index contributed by atoms with van der Waals surface area (Å²) in [5, 5.41) is 23.3. The fourth-order valence-electron chi connectivity index (χ4n) is 2.99. The van der Waals surface area contributed by atoms with E-state index in [1.165, 1.54) is 19.3 Å². The van der Waals surface area contributed by atoms with Gasteiger partial charge in [0.25, 0.3) is 0 Å². The van der Waals surface area contributed by atoms with Crippen LogP contribution >= 0.6 is 15.9 Å². The summed E-state index contributed by atoms with van der Waals surface area (Å²) in [4.78, 5) is 35.8. The molecule has 1 aromatic rings. The molecule has 1 heterocycles. The van der Waals surface area contributed by atoms with E-state index in [-0.39, 0.29) is 30.6 Å². The molecule has 8 nitrogen and oxygen atoms in total. The van der Waals surface area contributed by atoms with E-state index in [0.29, 0.717) is 22.2 Å². The van der Waals surface area contributed by atoms with Crippen LogP contribution in [0.4, 0.5) is 0 Å². The highest BCUT2D eigenvalue weighted by molar-refractivity contribution is 9.10. The fourth-order valence-corrected chi connectivity index (χ4v) is 3.67. The van der Waals surface area contributed by atoms with Gasteiger partial charge in [-0.05, 0) is 53.8 Å². The van der Waals surface area contributed by atoms with Crippen molar-refractivity contribution in [3.63, 3.8) is 0 Å². The predicted octanol–water partition coefficient (Wildman–Crippen LogP) is 3.06. The van der Waals surface area contributed by atoms with Gasteiger partial charge in [0.05, 0.1) is 11.6 Å². The Hall–Kier alpha value is -2.26. The predicted molar refractivity (Wildman–Crippen MR) is 105 cm³/mol. The average Bonchev–Trinajstić information content (AvgIpc) is 2.65. The number of carbonyl (C=O) groups excluding carboxylic acids is 2. The summed E-state index contributed by atoms with van der Waals surface area (Å²) < 4.78 is 11.1. The third-order valence-corrected chi connectivity index (χ3v) is 5.38. The van der Waals surface area contributed by atoms with Crippen molar-refractivity contribution in [2.24, 2.45) is 5.18 Å². The number of phenols is 1. The van der Waals surface area contributed by atoms with Crippen molar-refractivity contribution in [3.8, 4) is 11.5 Å². The van der Waals surface area contributed by atoms with Crippen LogP contribution in [-0.4, -0.2) is 47.3 Å². The number of aliphatic hydroxyl groups excluding tert-OH is 1. The molecule has 0 fully saturated rings. The molecule has 0 bridgehead atoms. The summed E-state index contributed by atoms with van der Waals surface area (Å²) in [6.07, 6.45) is 1.43. The Morgan fingerprint density at radius 1 is 1.36 bits per heavy atom. The molecule has 3 unspecified atom stereocenters. The van der Waals surface area contributed by atoms with Crippen LogP contribution in [0.3, 0.4) is 0 Å². The number of aromatic hydroxyl groups is 1. The Bertz CT molecular complexity index is 793. The Morgan fingerprint density at radius 2 is 2.07 bits per heavy atom. The number of nitroso groups, excluding NO2 is 1. The molecular weight excluding hydrogens is 434 g/mol. The number of ketones is 1. The lowest BCUT2D eigenvalue weighted by atomic mass is 9.96. The maximum Gasteiger partial charge on any atom is 0.342 e. The Balaban J connectivity index is 2.47. The maximum atomic E-state index is 12.7. The topological polar surface area (TPSA) is 122 Å². The highest BCUT2D eigenvalue weighted by atomic mass is 79.9. The van der Waals surface area contributed by atoms with E-state index >= 15 is 0 Å². The molecule has 3 atom stereocenters. The highest BCUT2D eigenvalue weighted by Gasteiger charge is 2.28. The monoisotopic (exact) mass is 455 g/mol. The lowest BCUT2D eigenvalue weighted by molar-refractivity contribution is -0.123. The molecular formula is C19H22BrNO7. The molecule has 0 aromatic heterocycles. The van der Waals surface area contributed by atoms with Crippen molar-refractivity contribution in [2.45, 2.75) is 50.9 Å². The fraction of sp³-hybridized carbons (Fsp3) is 0.474. The molecule has 0 aliphatic carbocycles. The van der Waals surface area contributed by atoms with Gasteiger partial charge >= 0.3 is 5.97 Å². The Labute approximate surface area is 170 Å². The van der Waals surface area contributed by atoms with Crippen molar-refractivity contribution < 1.29 is 29.3 Å². The minimum absolute atomic E-state index is 0.00722. The van der Waals surface area contributed by atoms with Crippen LogP contribution < -0.4 is 4.74 Å². The van der Waals surface area contributed by atoms with E-state index in [1.54, 1.807) is 6.92 Å². The standard InChI is InChI=1S/C19H22BrNO7/c1-10-5-3-8-13(22)18(24)12(21-26)7-4-6-11-16(19(25)28-10)14(23)9-15(27-2)17(11)20/h3,8-10,12,18,23-24H,4-7H2,1-2H3/b8-3-. The molecule has 2 N–H and O–H groups in total. The zero-order valence-electron chi connectivity index (χ0n) is 15.6. The number of phenolic OH excluding ortho intramolecular Hbond substituents is 1. The van der Waals surface area contributed by atoms with Crippen LogP contribution in [0, 0.1) is 4.91 Å². The second kappa shape index (κ2) is 9.79. The normalized spacial score (nSPS) is 25.2. The number of hydrogen-bond donors (Lipinski definition) is 2. The SMILES string of the molecule is COc1cc(O)c2c(c1Br)CCCC(N=O)C(O)C(=O)/C=C\CC(C)OC2=O. The summed E-state index contributed by atoms with van der Waals surface area (Å²) >= 11 is 3.38. The lowest BCUT2D eigenvalue weighted by Crippen LogP contribution is -2.31. The van der Waals surface area contributed by atoms with Gasteiger partial charge in [0.1, 0.15) is 35.3 Å². The Morgan fingerprint density at radius 3 is 2.71 bits per heavy atom. The largest absolute Gasteiger partial charge is 0.507 e. The molecule has 0 saturated carbocycles. The van der Waals surface area contributed by atoms with E-state index in [9.17, 15) is 24.7 Å². The van der Waals surface area contributed by atoms with Crippen molar-refractivity contribution in [2.75, 3.05) is 7.11 Å². The Kier molecular flexibility index (Phi) is 7.70. The molecule has 0 saturated heterocycles. The first kappa shape index (κ1) is 22.0. The van der Waals surface area contributed by atoms with Gasteiger partial charge in [-0.1, -0.05) is 11.3 Å². The summed E-state index contributed by atoms with van der Waals surface area (Å²) in [5.41, 5.74) is 0.458. The van der Waals surface area contributed by atoms with Gasteiger partial charge in [-0.2, -0.15) is 4.91 Å². The molecule has 1 aliphatic heterocycles. The van der Waals surface area contributed by atoms with E-state index in [2.05, 4.69) is 21.1 Å². The number of nitrogens with zero attached hydrogens (tertiary/aromatic N) is 1. The summed E-state index contributed by atoms with van der Waals surface area (Å²) in [6, 6.07) is 0.210. The highest BCUT2D eigenvalue weighted by Crippen LogP contribution is 2.38. The van der Waals surface area contributed by atoms with Crippen molar-refractivity contribution >= 4 is 27.7 Å². The third-order valence-electron chi connectivity index (χ3n) is 4.51. The maximum absolute atomic E-state index is 12.7. The number of hydrogen-bond acceptors (Lipinski definition) is 8. The second-order valence-corrected chi connectivity index (χ2v) is 7.32. The number of carbonyl (C=O) groups is 2. The van der Waals surface area contributed by atoms with Gasteiger partial charge in [0.15, 0.2) is 5.78 Å². The number of rotatable bonds is 2. The third kappa shape index (κ3) is 4.96. The number of fused-ring (bicyclic) bond motifs is 1. The molecule has 1 aromatic carbocycles. The number of aliphatic hydroxyl groups is 1. The first-order valence-corrected chi connectivity index (χ1v) is 9.59. The number of halogens is 1. The zero-order chi connectivity index (χ0) is 20.8. The lowest BCUT2D eigenvalue weighted by Gasteiger charge is -2.19. The molecule has 2 rings (SSSR count). The molecule has 9 heteroatoms. The van der Waals surface area contributed by atoms with Crippen LogP contribution in [-0.2, 0) is 16.0 Å². The number of ether oxygens (including phenoxy) is 2. The molecule has 0 amide bonds. The summed E-state index contributed by atoms with van der Waals surface area (Å²) in [5.74, 6) is -1.28. The van der Waals surface area contributed by atoms with E-state index in [0.717, 1.165) is 6.08 Å². The first-order chi connectivity index (χ1) is 13.3. The molecule has 0 spiro atoms. The van der Waals surface area contributed by atoms with Crippen molar-refractivity contribution in [1.82, 2.24) is 0 Å². The van der Waals surface area contributed by atoms with Gasteiger partial charge in [-0.25, -0.2) is 4.79 Å². The minimum Gasteiger partial charge on any atom is -0.507 e.